The average Bonchev–Trinajstić information content (AvgIpc) is 2.87. The molecule has 198 valence electrons. The van der Waals surface area contributed by atoms with Gasteiger partial charge in [-0.3, -0.25) is 0 Å². The number of hydrogen-bond acceptors (Lipinski definition) is 7. The van der Waals surface area contributed by atoms with Crippen LogP contribution in [0.25, 0.3) is 0 Å². The number of benzene rings is 2. The average molecular weight is 524 g/mol. The largest absolute Gasteiger partial charge is 0.573 e. The Kier molecular flexibility index (Phi) is 9.26. The Morgan fingerprint density at radius 2 is 1.43 bits per heavy atom. The number of alkyl halides is 3. The maximum atomic E-state index is 13.8. The van der Waals surface area contributed by atoms with Crippen LogP contribution in [0.5, 0.6) is 11.5 Å². The molecule has 0 unspecified atom stereocenters. The van der Waals surface area contributed by atoms with Gasteiger partial charge in [-0.05, 0) is 80.0 Å². The molecular formula is C26H24F4O7. The number of halogens is 4. The van der Waals surface area contributed by atoms with Crippen molar-refractivity contribution in [3.8, 4) is 11.5 Å². The van der Waals surface area contributed by atoms with E-state index in [2.05, 4.69) is 11.3 Å². The van der Waals surface area contributed by atoms with Crippen molar-refractivity contribution in [2.45, 2.75) is 32.0 Å². The van der Waals surface area contributed by atoms with Gasteiger partial charge in [0, 0.05) is 6.08 Å². The van der Waals surface area contributed by atoms with Gasteiger partial charge in [0.2, 0.25) is 0 Å². The minimum absolute atomic E-state index is 0.0352. The summed E-state index contributed by atoms with van der Waals surface area (Å²) in [4.78, 5) is 35.7. The van der Waals surface area contributed by atoms with Gasteiger partial charge in [0.15, 0.2) is 11.6 Å². The van der Waals surface area contributed by atoms with Gasteiger partial charge in [-0.1, -0.05) is 6.58 Å². The van der Waals surface area contributed by atoms with E-state index in [1.165, 1.54) is 24.3 Å². The topological polar surface area (TPSA) is 88.1 Å². The molecule has 0 bridgehead atoms. The van der Waals surface area contributed by atoms with Gasteiger partial charge in [0.1, 0.15) is 5.75 Å². The highest BCUT2D eigenvalue weighted by Crippen LogP contribution is 2.30. The second kappa shape index (κ2) is 12.4. The van der Waals surface area contributed by atoms with Crippen LogP contribution in [0.2, 0.25) is 0 Å². The minimum atomic E-state index is -5.07. The summed E-state index contributed by atoms with van der Waals surface area (Å²) >= 11 is 0. The Balaban J connectivity index is 1.45. The fourth-order valence-electron chi connectivity index (χ4n) is 3.76. The first-order valence-electron chi connectivity index (χ1n) is 11.4. The molecule has 0 spiro atoms. The van der Waals surface area contributed by atoms with Crippen molar-refractivity contribution in [3.05, 3.63) is 72.1 Å². The molecule has 0 atom stereocenters. The summed E-state index contributed by atoms with van der Waals surface area (Å²) in [5, 5.41) is 0. The van der Waals surface area contributed by atoms with Crippen LogP contribution in [0.3, 0.4) is 0 Å². The second-order valence-electron chi connectivity index (χ2n) is 8.43. The first-order chi connectivity index (χ1) is 17.5. The van der Waals surface area contributed by atoms with Crippen LogP contribution in [0.15, 0.2) is 55.1 Å². The van der Waals surface area contributed by atoms with Crippen molar-refractivity contribution in [2.75, 3.05) is 13.2 Å². The Morgan fingerprint density at radius 3 is 1.97 bits per heavy atom. The SMILES string of the molecule is C=CC(=O)OCC1CCC(COC(=O)c2ccc(OC(=O)c3ccc(OC(F)(F)F)c(F)c3)cc2)CC1. The van der Waals surface area contributed by atoms with Gasteiger partial charge in [-0.2, -0.15) is 0 Å². The van der Waals surface area contributed by atoms with Gasteiger partial charge in [0.05, 0.1) is 24.3 Å². The molecule has 11 heteroatoms. The Bertz CT molecular complexity index is 1120. The van der Waals surface area contributed by atoms with E-state index < -0.39 is 35.8 Å². The van der Waals surface area contributed by atoms with Crippen molar-refractivity contribution >= 4 is 17.9 Å². The minimum Gasteiger partial charge on any atom is -0.462 e. The van der Waals surface area contributed by atoms with Gasteiger partial charge in [0.25, 0.3) is 0 Å². The molecule has 7 nitrogen and oxygen atoms in total. The zero-order valence-corrected chi connectivity index (χ0v) is 19.6. The summed E-state index contributed by atoms with van der Waals surface area (Å²) in [6.07, 6.45) is -0.565. The molecule has 2 aromatic rings. The molecule has 0 radical (unpaired) electrons. The molecule has 1 fully saturated rings. The second-order valence-corrected chi connectivity index (χ2v) is 8.43. The zero-order valence-electron chi connectivity index (χ0n) is 19.6. The normalized spacial score (nSPS) is 17.4. The zero-order chi connectivity index (χ0) is 27.0. The molecule has 1 aliphatic rings. The predicted octanol–water partition coefficient (Wildman–Crippen LogP) is 5.64. The molecule has 0 saturated heterocycles. The van der Waals surface area contributed by atoms with Crippen LogP contribution in [-0.4, -0.2) is 37.5 Å². The summed E-state index contributed by atoms with van der Waals surface area (Å²) in [5.74, 6) is -3.96. The van der Waals surface area contributed by atoms with Crippen LogP contribution in [0.1, 0.15) is 46.4 Å². The van der Waals surface area contributed by atoms with E-state index in [-0.39, 0.29) is 35.3 Å². The standard InChI is InChI=1S/C26H24F4O7/c1-2-23(31)34-14-16-3-5-17(6-4-16)15-35-24(32)18-7-10-20(11-8-18)36-25(33)19-9-12-22(21(27)13-19)37-26(28,29)30/h2,7-13,16-17H,1,3-6,14-15H2. The lowest BCUT2D eigenvalue weighted by Gasteiger charge is -2.27. The van der Waals surface area contributed by atoms with Crippen molar-refractivity contribution in [1.82, 2.24) is 0 Å². The van der Waals surface area contributed by atoms with Crippen LogP contribution in [0, 0.1) is 17.7 Å². The number of carbonyl (C=O) groups is 3. The van der Waals surface area contributed by atoms with E-state index in [1.54, 1.807) is 0 Å². The maximum Gasteiger partial charge on any atom is 0.573 e. The molecule has 37 heavy (non-hydrogen) atoms. The molecule has 1 aliphatic carbocycles. The number of ether oxygens (including phenoxy) is 4. The van der Waals surface area contributed by atoms with Gasteiger partial charge >= 0.3 is 24.3 Å². The fourth-order valence-corrected chi connectivity index (χ4v) is 3.76. The van der Waals surface area contributed by atoms with Crippen molar-refractivity contribution in [1.29, 1.82) is 0 Å². The summed E-state index contributed by atoms with van der Waals surface area (Å²) in [5.41, 5.74) is -0.103. The highest BCUT2D eigenvalue weighted by Gasteiger charge is 2.32. The molecule has 0 amide bonds. The fraction of sp³-hybridized carbons (Fsp3) is 0.346. The van der Waals surface area contributed by atoms with Crippen LogP contribution >= 0.6 is 0 Å². The Labute approximate surface area is 210 Å². The van der Waals surface area contributed by atoms with E-state index in [0.29, 0.717) is 18.7 Å². The summed E-state index contributed by atoms with van der Waals surface area (Å²) in [6, 6.07) is 7.61. The lowest BCUT2D eigenvalue weighted by Crippen LogP contribution is -2.23. The summed E-state index contributed by atoms with van der Waals surface area (Å²) in [7, 11) is 0. The summed E-state index contributed by atoms with van der Waals surface area (Å²) < 4.78 is 69.6. The quantitative estimate of drug-likeness (QED) is 0.182. The lowest BCUT2D eigenvalue weighted by molar-refractivity contribution is -0.275. The lowest BCUT2D eigenvalue weighted by atomic mass is 9.83. The number of esters is 3. The molecular weight excluding hydrogens is 500 g/mol. The highest BCUT2D eigenvalue weighted by molar-refractivity contribution is 5.92. The van der Waals surface area contributed by atoms with E-state index >= 15 is 0 Å². The first kappa shape index (κ1) is 27.7. The van der Waals surface area contributed by atoms with Gasteiger partial charge in [-0.15, -0.1) is 13.2 Å². The molecule has 1 saturated carbocycles. The van der Waals surface area contributed by atoms with Crippen molar-refractivity contribution in [2.24, 2.45) is 11.8 Å². The van der Waals surface area contributed by atoms with Crippen LogP contribution in [0.4, 0.5) is 17.6 Å². The van der Waals surface area contributed by atoms with Gasteiger partial charge < -0.3 is 18.9 Å². The van der Waals surface area contributed by atoms with Crippen LogP contribution in [-0.2, 0) is 14.3 Å². The Hall–Kier alpha value is -3.89. The summed E-state index contributed by atoms with van der Waals surface area (Å²) in [6.45, 7) is 3.95. The molecule has 2 aromatic carbocycles. The molecule has 0 heterocycles. The predicted molar refractivity (Wildman–Crippen MR) is 121 cm³/mol. The van der Waals surface area contributed by atoms with Gasteiger partial charge in [-0.25, -0.2) is 18.8 Å². The van der Waals surface area contributed by atoms with E-state index in [4.69, 9.17) is 14.2 Å². The van der Waals surface area contributed by atoms with E-state index in [0.717, 1.165) is 37.8 Å². The van der Waals surface area contributed by atoms with E-state index in [9.17, 15) is 31.9 Å². The third-order valence-corrected chi connectivity index (χ3v) is 5.74. The molecule has 0 aliphatic heterocycles. The molecule has 0 N–H and O–H groups in total. The highest BCUT2D eigenvalue weighted by atomic mass is 19.4. The smallest absolute Gasteiger partial charge is 0.462 e. The first-order valence-corrected chi connectivity index (χ1v) is 11.4. The van der Waals surface area contributed by atoms with E-state index in [1.807, 2.05) is 0 Å². The number of hydrogen-bond donors (Lipinski definition) is 0. The van der Waals surface area contributed by atoms with Crippen molar-refractivity contribution < 1.29 is 50.9 Å². The monoisotopic (exact) mass is 524 g/mol. The van der Waals surface area contributed by atoms with Crippen LogP contribution < -0.4 is 9.47 Å². The molecule has 0 aromatic heterocycles. The number of carbonyl (C=O) groups excluding carboxylic acids is 3. The Morgan fingerprint density at radius 1 is 0.865 bits per heavy atom. The third-order valence-electron chi connectivity index (χ3n) is 5.74. The maximum absolute atomic E-state index is 13.8. The molecule has 3 rings (SSSR count). The third kappa shape index (κ3) is 8.62. The van der Waals surface area contributed by atoms with Crippen molar-refractivity contribution in [3.63, 3.8) is 0 Å². The number of rotatable bonds is 9.